The Bertz CT molecular complexity index is 545. The topological polar surface area (TPSA) is 92.5 Å². The van der Waals surface area contributed by atoms with Gasteiger partial charge in [0.25, 0.3) is 0 Å². The number of likely N-dealkylation sites (N-methyl/N-ethyl adjacent to an activating group) is 1. The van der Waals surface area contributed by atoms with Crippen LogP contribution in [0.5, 0.6) is 0 Å². The van der Waals surface area contributed by atoms with Crippen molar-refractivity contribution in [2.75, 3.05) is 13.3 Å². The van der Waals surface area contributed by atoms with Gasteiger partial charge >= 0.3 is 0 Å². The van der Waals surface area contributed by atoms with Gasteiger partial charge in [0.15, 0.2) is 0 Å². The van der Waals surface area contributed by atoms with Crippen LogP contribution in [0.15, 0.2) is 4.52 Å². The van der Waals surface area contributed by atoms with E-state index in [-0.39, 0.29) is 5.91 Å². The predicted octanol–water partition coefficient (Wildman–Crippen LogP) is 0.188. The Kier molecular flexibility index (Phi) is 4.70. The highest BCUT2D eigenvalue weighted by molar-refractivity contribution is 7.88. The third-order valence-electron chi connectivity index (χ3n) is 2.71. The van der Waals surface area contributed by atoms with Crippen molar-refractivity contribution < 1.29 is 17.7 Å². The lowest BCUT2D eigenvalue weighted by atomic mass is 10.2. The van der Waals surface area contributed by atoms with E-state index in [1.54, 1.807) is 20.9 Å². The van der Waals surface area contributed by atoms with Crippen LogP contribution in [0.1, 0.15) is 23.9 Å². The number of nitrogens with one attached hydrogen (secondary N) is 1. The molecule has 0 spiro atoms. The first kappa shape index (κ1) is 15.6. The van der Waals surface area contributed by atoms with E-state index in [0.29, 0.717) is 12.3 Å². The van der Waals surface area contributed by atoms with Crippen molar-refractivity contribution in [2.45, 2.75) is 33.4 Å². The summed E-state index contributed by atoms with van der Waals surface area (Å²) in [4.78, 5) is 13.5. The highest BCUT2D eigenvalue weighted by atomic mass is 32.2. The lowest BCUT2D eigenvalue weighted by molar-refractivity contribution is -0.131. The van der Waals surface area contributed by atoms with Gasteiger partial charge in [-0.1, -0.05) is 5.16 Å². The molecule has 1 atom stereocenters. The predicted molar refractivity (Wildman–Crippen MR) is 69.9 cm³/mol. The number of carbonyl (C=O) groups excluding carboxylic acids is 1. The molecule has 1 N–H and O–H groups in total. The van der Waals surface area contributed by atoms with Crippen molar-refractivity contribution >= 4 is 15.9 Å². The van der Waals surface area contributed by atoms with Gasteiger partial charge in [0.05, 0.1) is 24.5 Å². The van der Waals surface area contributed by atoms with E-state index in [1.165, 1.54) is 11.8 Å². The standard InChI is InChI=1S/C11H19N3O4S/c1-7-10(9(3)18-12-7)6-14(4)11(15)8(2)13-19(5,16)17/h8,13H,6H2,1-5H3/t8-/m1/s1. The van der Waals surface area contributed by atoms with Gasteiger partial charge in [-0.05, 0) is 20.8 Å². The van der Waals surface area contributed by atoms with E-state index in [9.17, 15) is 13.2 Å². The molecule has 0 aliphatic rings. The van der Waals surface area contributed by atoms with E-state index in [4.69, 9.17) is 4.52 Å². The molecule has 1 heterocycles. The van der Waals surface area contributed by atoms with Gasteiger partial charge in [-0.15, -0.1) is 0 Å². The van der Waals surface area contributed by atoms with Gasteiger partial charge in [0, 0.05) is 12.6 Å². The van der Waals surface area contributed by atoms with E-state index in [1.807, 2.05) is 0 Å². The minimum absolute atomic E-state index is 0.314. The van der Waals surface area contributed by atoms with E-state index >= 15 is 0 Å². The van der Waals surface area contributed by atoms with E-state index < -0.39 is 16.1 Å². The average molecular weight is 289 g/mol. The first-order valence-electron chi connectivity index (χ1n) is 5.76. The van der Waals surface area contributed by atoms with Crippen LogP contribution in [0.25, 0.3) is 0 Å². The summed E-state index contributed by atoms with van der Waals surface area (Å²) in [6.45, 7) is 5.40. The van der Waals surface area contributed by atoms with Crippen LogP contribution >= 0.6 is 0 Å². The second kappa shape index (κ2) is 5.70. The maximum Gasteiger partial charge on any atom is 0.240 e. The zero-order valence-electron chi connectivity index (χ0n) is 11.7. The fraction of sp³-hybridized carbons (Fsp3) is 0.636. The summed E-state index contributed by atoms with van der Waals surface area (Å²) < 4.78 is 29.4. The number of nitrogens with zero attached hydrogens (tertiary/aromatic N) is 2. The summed E-state index contributed by atoms with van der Waals surface area (Å²) in [5.74, 6) is 0.339. The maximum atomic E-state index is 12.0. The molecule has 1 rings (SSSR count). The number of carbonyl (C=O) groups is 1. The minimum atomic E-state index is -3.41. The monoisotopic (exact) mass is 289 g/mol. The molecule has 1 aromatic rings. The van der Waals surface area contributed by atoms with Crippen molar-refractivity contribution in [1.29, 1.82) is 0 Å². The van der Waals surface area contributed by atoms with Gasteiger partial charge in [-0.25, -0.2) is 13.1 Å². The molecular formula is C11H19N3O4S. The molecule has 0 aromatic carbocycles. The molecule has 0 saturated carbocycles. The maximum absolute atomic E-state index is 12.0. The third kappa shape index (κ3) is 4.32. The lowest BCUT2D eigenvalue weighted by Gasteiger charge is -2.21. The molecule has 0 aliphatic heterocycles. The summed E-state index contributed by atoms with van der Waals surface area (Å²) in [7, 11) is -1.80. The highest BCUT2D eigenvalue weighted by Crippen LogP contribution is 2.14. The van der Waals surface area contributed by atoms with Crippen LogP contribution in [0.3, 0.4) is 0 Å². The molecule has 7 nitrogen and oxygen atoms in total. The molecular weight excluding hydrogens is 270 g/mol. The number of rotatable bonds is 5. The fourth-order valence-corrected chi connectivity index (χ4v) is 2.49. The normalized spacial score (nSPS) is 13.3. The largest absolute Gasteiger partial charge is 0.361 e. The van der Waals surface area contributed by atoms with Crippen LogP contribution in [0, 0.1) is 13.8 Å². The van der Waals surface area contributed by atoms with Gasteiger partial charge in [0.1, 0.15) is 5.76 Å². The van der Waals surface area contributed by atoms with Gasteiger partial charge in [-0.3, -0.25) is 4.79 Å². The second-order valence-electron chi connectivity index (χ2n) is 4.61. The lowest BCUT2D eigenvalue weighted by Crippen LogP contribution is -2.44. The molecule has 1 aromatic heterocycles. The highest BCUT2D eigenvalue weighted by Gasteiger charge is 2.22. The zero-order valence-corrected chi connectivity index (χ0v) is 12.5. The Morgan fingerprint density at radius 2 is 2.05 bits per heavy atom. The molecule has 0 bridgehead atoms. The fourth-order valence-electron chi connectivity index (χ4n) is 1.74. The summed E-state index contributed by atoms with van der Waals surface area (Å²) in [5.41, 5.74) is 1.56. The number of aryl methyl sites for hydroxylation is 2. The smallest absolute Gasteiger partial charge is 0.240 e. The average Bonchev–Trinajstić information content (AvgIpc) is 2.57. The van der Waals surface area contributed by atoms with E-state index in [2.05, 4.69) is 9.88 Å². The van der Waals surface area contributed by atoms with E-state index in [0.717, 1.165) is 17.5 Å². The molecule has 0 unspecified atom stereocenters. The molecule has 108 valence electrons. The SMILES string of the molecule is Cc1noc(C)c1CN(C)C(=O)[C@@H](C)NS(C)(=O)=O. The molecule has 19 heavy (non-hydrogen) atoms. The summed E-state index contributed by atoms with van der Waals surface area (Å²) in [5, 5.41) is 3.81. The first-order chi connectivity index (χ1) is 8.61. The zero-order chi connectivity index (χ0) is 14.8. The second-order valence-corrected chi connectivity index (χ2v) is 6.39. The first-order valence-corrected chi connectivity index (χ1v) is 7.65. The Morgan fingerprint density at radius 3 is 2.47 bits per heavy atom. The van der Waals surface area contributed by atoms with Crippen molar-refractivity contribution in [3.8, 4) is 0 Å². The van der Waals surface area contributed by atoms with Gasteiger partial charge in [0.2, 0.25) is 15.9 Å². The molecule has 1 amide bonds. The number of amides is 1. The number of hydrogen-bond donors (Lipinski definition) is 1. The number of hydrogen-bond acceptors (Lipinski definition) is 5. The molecule has 8 heteroatoms. The molecule has 0 fully saturated rings. The quantitative estimate of drug-likeness (QED) is 0.835. The third-order valence-corrected chi connectivity index (χ3v) is 3.50. The number of sulfonamides is 1. The Labute approximate surface area is 113 Å². The van der Waals surface area contributed by atoms with Crippen LogP contribution in [0.4, 0.5) is 0 Å². The van der Waals surface area contributed by atoms with Crippen molar-refractivity contribution in [3.05, 3.63) is 17.0 Å². The summed E-state index contributed by atoms with van der Waals surface area (Å²) in [6, 6.07) is -0.805. The van der Waals surface area contributed by atoms with Gasteiger partial charge in [-0.2, -0.15) is 0 Å². The molecule has 0 aliphatic carbocycles. The summed E-state index contributed by atoms with van der Waals surface area (Å²) >= 11 is 0. The Hall–Kier alpha value is -1.41. The summed E-state index contributed by atoms with van der Waals surface area (Å²) in [6.07, 6.45) is 1.02. The minimum Gasteiger partial charge on any atom is -0.361 e. The Balaban J connectivity index is 2.73. The van der Waals surface area contributed by atoms with Crippen LogP contribution < -0.4 is 4.72 Å². The molecule has 0 radical (unpaired) electrons. The number of aromatic nitrogens is 1. The van der Waals surface area contributed by atoms with Crippen molar-refractivity contribution in [1.82, 2.24) is 14.8 Å². The van der Waals surface area contributed by atoms with Crippen LogP contribution in [0.2, 0.25) is 0 Å². The van der Waals surface area contributed by atoms with Crippen LogP contribution in [-0.4, -0.2) is 43.7 Å². The van der Waals surface area contributed by atoms with Gasteiger partial charge < -0.3 is 9.42 Å². The van der Waals surface area contributed by atoms with Crippen molar-refractivity contribution in [2.24, 2.45) is 0 Å². The van der Waals surface area contributed by atoms with Crippen LogP contribution in [-0.2, 0) is 21.4 Å². The Morgan fingerprint density at radius 1 is 1.47 bits per heavy atom. The van der Waals surface area contributed by atoms with Crippen molar-refractivity contribution in [3.63, 3.8) is 0 Å². The molecule has 0 saturated heterocycles.